The maximum atomic E-state index is 14.2. The van der Waals surface area contributed by atoms with Crippen LogP contribution in [0.5, 0.6) is 0 Å². The molecule has 12 nitrogen and oxygen atoms in total. The minimum atomic E-state index is -6.19. The number of benzene rings is 5. The Kier molecular flexibility index (Phi) is 15.1. The molecule has 2 amide bonds. The van der Waals surface area contributed by atoms with Gasteiger partial charge in [-0.05, 0) is 121 Å². The highest BCUT2D eigenvalue weighted by Crippen LogP contribution is 2.40. The van der Waals surface area contributed by atoms with Gasteiger partial charge in [0.2, 0.25) is 0 Å². The smallest absolute Gasteiger partial charge is 0.465 e. The van der Waals surface area contributed by atoms with E-state index in [1.54, 1.807) is 66.7 Å². The summed E-state index contributed by atoms with van der Waals surface area (Å²) in [7, 11) is -11.2. The van der Waals surface area contributed by atoms with E-state index in [2.05, 4.69) is 5.32 Å². The third-order valence-corrected chi connectivity index (χ3v) is 16.1. The summed E-state index contributed by atoms with van der Waals surface area (Å²) in [6, 6.07) is 27.2. The summed E-state index contributed by atoms with van der Waals surface area (Å²) in [5.74, 6) is -1.18. The van der Waals surface area contributed by atoms with Crippen LogP contribution in [0.25, 0.3) is 11.1 Å². The SMILES string of the molecule is O=C(NS(=O)(=O)c1ccc(N[C@@H](CSc2ccccc2)C[C@@H]2CCCN2C(=O)O)c(S(=O)(=O)C(F)(F)F)c1)c1ccc(N2CCC([C@@H](O)c3ccccc3-c3ccc(C(F)(F)F)cc3)CC2)cc1. The first-order chi connectivity index (χ1) is 32.1. The number of thioether (sulfide) groups is 1. The zero-order valence-electron chi connectivity index (χ0n) is 36.0. The van der Waals surface area contributed by atoms with E-state index in [4.69, 9.17) is 0 Å². The Morgan fingerprint density at radius 2 is 1.43 bits per heavy atom. The second-order valence-corrected chi connectivity index (χ2v) is 21.2. The van der Waals surface area contributed by atoms with Crippen LogP contribution in [0, 0.1) is 5.92 Å². The predicted octanol–water partition coefficient (Wildman–Crippen LogP) is 9.84. The number of hydrogen-bond donors (Lipinski definition) is 4. The van der Waals surface area contributed by atoms with Crippen molar-refractivity contribution in [1.82, 2.24) is 9.62 Å². The molecule has 7 rings (SSSR count). The number of sulfonamides is 1. The standard InChI is InChI=1S/C47H46F6N4O8S3/c48-46(49,50)33-16-12-30(13-17-33)39-10-4-5-11-40(39)43(58)31-22-25-56(26-23-31)35-18-14-32(15-19-35)44(59)55-68(64,65)38-20-21-41(42(28-38)67(62,63)47(51,52)53)54-34(29-66-37-8-2-1-3-9-37)27-36-7-6-24-57(36)45(60)61/h1-5,8-21,28,31,34,36,43,54,58H,6-7,22-27,29H2,(H,55,59)(H,60,61)/t34-,36+,43-/m1/s1. The van der Waals surface area contributed by atoms with Crippen molar-refractivity contribution in [3.8, 4) is 11.1 Å². The molecule has 0 radical (unpaired) electrons. The van der Waals surface area contributed by atoms with Crippen molar-refractivity contribution >= 4 is 55.0 Å². The minimum absolute atomic E-state index is 0.0973. The number of rotatable bonds is 15. The molecule has 2 fully saturated rings. The van der Waals surface area contributed by atoms with E-state index in [1.807, 2.05) is 9.62 Å². The fourth-order valence-corrected chi connectivity index (χ4v) is 11.5. The third kappa shape index (κ3) is 11.6. The van der Waals surface area contributed by atoms with Gasteiger partial charge in [-0.15, -0.1) is 11.8 Å². The molecule has 0 bridgehead atoms. The second-order valence-electron chi connectivity index (χ2n) is 16.5. The predicted molar refractivity (Wildman–Crippen MR) is 245 cm³/mol. The van der Waals surface area contributed by atoms with Crippen molar-refractivity contribution < 1.29 is 63.0 Å². The van der Waals surface area contributed by atoms with Gasteiger partial charge in [0.1, 0.15) is 4.90 Å². The number of sulfone groups is 1. The average molecular weight is 1010 g/mol. The maximum absolute atomic E-state index is 14.2. The highest BCUT2D eigenvalue weighted by atomic mass is 32.2. The number of alkyl halides is 6. The summed E-state index contributed by atoms with van der Waals surface area (Å²) in [6.07, 6.45) is -4.41. The lowest BCUT2D eigenvalue weighted by molar-refractivity contribution is -0.137. The molecule has 0 aliphatic carbocycles. The quantitative estimate of drug-likeness (QED) is 0.0581. The summed E-state index contributed by atoms with van der Waals surface area (Å²) < 4.78 is 137. The lowest BCUT2D eigenvalue weighted by Crippen LogP contribution is -2.39. The number of halogens is 6. The first kappa shape index (κ1) is 50.1. The van der Waals surface area contributed by atoms with Gasteiger partial charge in [0.25, 0.3) is 25.8 Å². The van der Waals surface area contributed by atoms with Crippen LogP contribution in [0.2, 0.25) is 0 Å². The number of hydrogen-bond acceptors (Lipinski definition) is 10. The molecule has 0 unspecified atom stereocenters. The van der Waals surface area contributed by atoms with Gasteiger partial charge in [0.05, 0.1) is 22.3 Å². The Bertz CT molecular complexity index is 2810. The van der Waals surface area contributed by atoms with Gasteiger partial charge < -0.3 is 25.3 Å². The molecule has 2 saturated heterocycles. The monoisotopic (exact) mass is 1000 g/mol. The second kappa shape index (κ2) is 20.4. The molecule has 0 spiro atoms. The summed E-state index contributed by atoms with van der Waals surface area (Å²) >= 11 is 1.30. The Morgan fingerprint density at radius 3 is 2.06 bits per heavy atom. The van der Waals surface area contributed by atoms with Crippen LogP contribution in [0.15, 0.2) is 136 Å². The molecule has 5 aromatic carbocycles. The number of carbonyl (C=O) groups is 2. The molecule has 2 heterocycles. The zero-order valence-corrected chi connectivity index (χ0v) is 38.4. The molecule has 0 aromatic heterocycles. The fourth-order valence-electron chi connectivity index (χ4n) is 8.55. The van der Waals surface area contributed by atoms with E-state index >= 15 is 0 Å². The largest absolute Gasteiger partial charge is 0.501 e. The number of carboxylic acid groups (broad SMARTS) is 1. The molecule has 0 saturated carbocycles. The van der Waals surface area contributed by atoms with Gasteiger partial charge in [-0.1, -0.05) is 54.6 Å². The molecule has 362 valence electrons. The van der Waals surface area contributed by atoms with Crippen molar-refractivity contribution in [2.45, 2.75) is 76.7 Å². The number of amides is 2. The highest BCUT2D eigenvalue weighted by Gasteiger charge is 2.49. The van der Waals surface area contributed by atoms with E-state index in [-0.39, 0.29) is 30.2 Å². The van der Waals surface area contributed by atoms with Crippen LogP contribution in [0.1, 0.15) is 59.7 Å². The first-order valence-electron chi connectivity index (χ1n) is 21.4. The summed E-state index contributed by atoms with van der Waals surface area (Å²) in [5.41, 5.74) is -4.96. The number of aliphatic hydroxyl groups excluding tert-OH is 1. The minimum Gasteiger partial charge on any atom is -0.465 e. The van der Waals surface area contributed by atoms with Gasteiger partial charge >= 0.3 is 17.8 Å². The molecular formula is C47H46F6N4O8S3. The molecule has 21 heteroatoms. The molecule has 2 aliphatic heterocycles. The van der Waals surface area contributed by atoms with Crippen LogP contribution in [-0.4, -0.2) is 86.9 Å². The lowest BCUT2D eigenvalue weighted by atomic mass is 9.84. The fraction of sp³-hybridized carbons (Fsp3) is 0.319. The van der Waals surface area contributed by atoms with E-state index in [0.29, 0.717) is 67.2 Å². The van der Waals surface area contributed by atoms with E-state index in [0.717, 1.165) is 29.2 Å². The molecular weight excluding hydrogens is 959 g/mol. The van der Waals surface area contributed by atoms with Crippen molar-refractivity contribution in [3.05, 3.63) is 138 Å². The summed E-state index contributed by atoms with van der Waals surface area (Å²) in [4.78, 5) is 26.9. The van der Waals surface area contributed by atoms with Gasteiger partial charge in [0, 0.05) is 53.6 Å². The van der Waals surface area contributed by atoms with Gasteiger partial charge in [0.15, 0.2) is 0 Å². The number of likely N-dealkylation sites (tertiary alicyclic amines) is 1. The Labute approximate surface area is 393 Å². The van der Waals surface area contributed by atoms with Crippen LogP contribution in [-0.2, 0) is 26.0 Å². The molecule has 2 aliphatic rings. The van der Waals surface area contributed by atoms with Crippen LogP contribution in [0.4, 0.5) is 42.5 Å². The van der Waals surface area contributed by atoms with Gasteiger partial charge in [-0.2, -0.15) is 26.3 Å². The van der Waals surface area contributed by atoms with Crippen molar-refractivity contribution in [2.24, 2.45) is 5.92 Å². The van der Waals surface area contributed by atoms with E-state index < -0.39 is 82.8 Å². The topological polar surface area (TPSA) is 173 Å². The molecule has 5 aromatic rings. The van der Waals surface area contributed by atoms with Crippen molar-refractivity contribution in [3.63, 3.8) is 0 Å². The normalized spacial score (nSPS) is 17.1. The highest BCUT2D eigenvalue weighted by molar-refractivity contribution is 7.99. The Morgan fingerprint density at radius 1 is 0.779 bits per heavy atom. The first-order valence-corrected chi connectivity index (χ1v) is 25.3. The van der Waals surface area contributed by atoms with Crippen LogP contribution < -0.4 is 14.9 Å². The van der Waals surface area contributed by atoms with Crippen molar-refractivity contribution in [2.75, 3.05) is 35.6 Å². The lowest BCUT2D eigenvalue weighted by Gasteiger charge is -2.36. The van der Waals surface area contributed by atoms with Crippen LogP contribution >= 0.6 is 11.8 Å². The number of nitrogens with zero attached hydrogens (tertiary/aromatic N) is 2. The molecule has 68 heavy (non-hydrogen) atoms. The molecule has 3 atom stereocenters. The number of piperidine rings is 1. The van der Waals surface area contributed by atoms with E-state index in [9.17, 15) is 63.0 Å². The number of nitrogens with one attached hydrogen (secondary N) is 2. The number of anilines is 2. The van der Waals surface area contributed by atoms with Crippen LogP contribution in [0.3, 0.4) is 0 Å². The Hall–Kier alpha value is -5.77. The average Bonchev–Trinajstić information content (AvgIpc) is 3.79. The summed E-state index contributed by atoms with van der Waals surface area (Å²) in [6.45, 7) is 1.21. The van der Waals surface area contributed by atoms with Gasteiger partial charge in [-0.25, -0.2) is 26.4 Å². The summed E-state index contributed by atoms with van der Waals surface area (Å²) in [5, 5.41) is 24.0. The zero-order chi connectivity index (χ0) is 49.0. The maximum Gasteiger partial charge on any atom is 0.501 e. The number of aliphatic hydroxyl groups is 1. The Balaban J connectivity index is 1.03. The number of carbonyl (C=O) groups excluding carboxylic acids is 1. The van der Waals surface area contributed by atoms with E-state index in [1.165, 1.54) is 40.9 Å². The van der Waals surface area contributed by atoms with Crippen molar-refractivity contribution in [1.29, 1.82) is 0 Å². The molecule has 4 N–H and O–H groups in total. The third-order valence-electron chi connectivity index (χ3n) is 12.1. The van der Waals surface area contributed by atoms with Gasteiger partial charge in [-0.3, -0.25) is 4.79 Å².